The molecule has 3 N–H and O–H groups in total. The first-order chi connectivity index (χ1) is 23.2. The largest absolute Gasteiger partial charge is 0.481 e. The van der Waals surface area contributed by atoms with Gasteiger partial charge in [-0.1, -0.05) is 58.6 Å². The highest BCUT2D eigenvalue weighted by Gasteiger charge is 2.71. The van der Waals surface area contributed by atoms with Crippen molar-refractivity contribution in [2.24, 2.45) is 62.1 Å². The number of hydrogen-bond donors (Lipinski definition) is 3. The molecule has 0 radical (unpaired) electrons. The van der Waals surface area contributed by atoms with E-state index in [0.29, 0.717) is 48.1 Å². The minimum absolute atomic E-state index is 0.0985. The third-order valence-corrected chi connectivity index (χ3v) is 16.4. The zero-order valence-electron chi connectivity index (χ0n) is 32.1. The van der Waals surface area contributed by atoms with E-state index in [2.05, 4.69) is 65.3 Å². The summed E-state index contributed by atoms with van der Waals surface area (Å²) in [7, 11) is 0. The highest BCUT2D eigenvalue weighted by Crippen LogP contribution is 2.77. The van der Waals surface area contributed by atoms with Crippen molar-refractivity contribution < 1.29 is 29.3 Å². The number of rotatable bonds is 6. The van der Waals surface area contributed by atoms with Crippen molar-refractivity contribution in [2.75, 3.05) is 13.1 Å². The van der Waals surface area contributed by atoms with Gasteiger partial charge in [-0.25, -0.2) is 4.79 Å². The van der Waals surface area contributed by atoms with Crippen molar-refractivity contribution in [3.63, 3.8) is 0 Å². The summed E-state index contributed by atoms with van der Waals surface area (Å²) in [5.74, 6) is 7.55. The molecule has 276 valence electrons. The molecule has 5 aliphatic carbocycles. The number of fused-ring (bicyclic) bond motifs is 7. The molecule has 1 aliphatic heterocycles. The molecule has 0 aromatic heterocycles. The molecule has 1 heterocycles. The first kappa shape index (κ1) is 37.2. The van der Waals surface area contributed by atoms with Gasteiger partial charge in [0.15, 0.2) is 0 Å². The van der Waals surface area contributed by atoms with Crippen LogP contribution in [0, 0.1) is 73.9 Å². The molecule has 0 aromatic carbocycles. The van der Waals surface area contributed by atoms with Gasteiger partial charge in [-0.15, -0.1) is 0 Å². The second kappa shape index (κ2) is 12.5. The summed E-state index contributed by atoms with van der Waals surface area (Å²) in [6.07, 6.45) is 11.2. The number of nitrogens with one attached hydrogen (secondary N) is 1. The van der Waals surface area contributed by atoms with Crippen LogP contribution in [0.1, 0.15) is 132 Å². The van der Waals surface area contributed by atoms with Crippen molar-refractivity contribution >= 4 is 17.9 Å². The van der Waals surface area contributed by atoms with Crippen molar-refractivity contribution in [3.8, 4) is 11.8 Å². The molecule has 0 aromatic rings. The minimum Gasteiger partial charge on any atom is -0.481 e. The second-order valence-electron chi connectivity index (χ2n) is 19.5. The number of carboxylic acid groups (broad SMARTS) is 2. The molecule has 6 aliphatic rings. The zero-order valence-corrected chi connectivity index (χ0v) is 32.1. The summed E-state index contributed by atoms with van der Waals surface area (Å²) in [6, 6.07) is 0. The lowest BCUT2D eigenvalue weighted by Gasteiger charge is -2.72. The molecule has 50 heavy (non-hydrogen) atoms. The smallest absolute Gasteiger partial charge is 0.333 e. The van der Waals surface area contributed by atoms with E-state index in [0.717, 1.165) is 63.5 Å². The van der Waals surface area contributed by atoms with E-state index in [4.69, 9.17) is 4.74 Å². The molecule has 0 spiro atoms. The molecule has 7 heteroatoms. The highest BCUT2D eigenvalue weighted by atomic mass is 16.5. The quantitative estimate of drug-likeness (QED) is 0.146. The van der Waals surface area contributed by atoms with Gasteiger partial charge in [-0.3, -0.25) is 9.59 Å². The summed E-state index contributed by atoms with van der Waals surface area (Å²) in [4.78, 5) is 36.9. The zero-order chi connectivity index (χ0) is 36.7. The summed E-state index contributed by atoms with van der Waals surface area (Å²) in [6.45, 7) is 23.5. The van der Waals surface area contributed by atoms with Crippen molar-refractivity contribution in [2.45, 2.75) is 139 Å². The maximum atomic E-state index is 13.1. The molecule has 5 saturated carbocycles. The third kappa shape index (κ3) is 5.60. The average Bonchev–Trinajstić information content (AvgIpc) is 3.42. The molecule has 7 nitrogen and oxygen atoms in total. The van der Waals surface area contributed by atoms with Crippen LogP contribution in [-0.2, 0) is 19.1 Å². The van der Waals surface area contributed by atoms with E-state index in [-0.39, 0.29) is 39.6 Å². The Morgan fingerprint density at radius 1 is 0.920 bits per heavy atom. The van der Waals surface area contributed by atoms with E-state index in [1.54, 1.807) is 13.8 Å². The van der Waals surface area contributed by atoms with Gasteiger partial charge in [-0.2, -0.15) is 0 Å². The predicted octanol–water partition coefficient (Wildman–Crippen LogP) is 8.43. The van der Waals surface area contributed by atoms with Crippen LogP contribution in [0.4, 0.5) is 0 Å². The maximum absolute atomic E-state index is 13.1. The van der Waals surface area contributed by atoms with Crippen LogP contribution in [-0.4, -0.2) is 47.3 Å². The Balaban J connectivity index is 1.29. The van der Waals surface area contributed by atoms with E-state index in [9.17, 15) is 24.6 Å². The number of carboxylic acids is 2. The third-order valence-electron chi connectivity index (χ3n) is 16.4. The Kier molecular flexibility index (Phi) is 9.31. The van der Waals surface area contributed by atoms with Gasteiger partial charge in [0.1, 0.15) is 6.10 Å². The minimum atomic E-state index is -1.15. The summed E-state index contributed by atoms with van der Waals surface area (Å²) in [5, 5.41) is 22.7. The number of carbonyl (C=O) groups excluding carboxylic acids is 1. The lowest BCUT2D eigenvalue weighted by molar-refractivity contribution is -0.247. The monoisotopic (exact) mass is 689 g/mol. The molecule has 0 amide bonds. The van der Waals surface area contributed by atoms with E-state index >= 15 is 0 Å². The van der Waals surface area contributed by atoms with Crippen molar-refractivity contribution in [1.29, 1.82) is 0 Å². The molecule has 10 atom stereocenters. The van der Waals surface area contributed by atoms with Crippen LogP contribution in [0.15, 0.2) is 23.3 Å². The van der Waals surface area contributed by atoms with Gasteiger partial charge in [0.05, 0.1) is 17.4 Å². The van der Waals surface area contributed by atoms with Crippen LogP contribution in [0.5, 0.6) is 0 Å². The molecule has 0 bridgehead atoms. The number of esters is 1. The van der Waals surface area contributed by atoms with E-state index in [1.165, 1.54) is 18.4 Å². The Bertz CT molecular complexity index is 1540. The van der Waals surface area contributed by atoms with Gasteiger partial charge >= 0.3 is 17.9 Å². The van der Waals surface area contributed by atoms with Gasteiger partial charge in [-0.05, 0) is 137 Å². The Hall–Kier alpha value is -2.59. The Morgan fingerprint density at radius 3 is 2.30 bits per heavy atom. The lowest BCUT2D eigenvalue weighted by Crippen LogP contribution is -2.66. The molecule has 0 saturated heterocycles. The Labute approximate surface area is 300 Å². The topological polar surface area (TPSA) is 113 Å². The van der Waals surface area contributed by atoms with Gasteiger partial charge in [0.2, 0.25) is 0 Å². The van der Waals surface area contributed by atoms with Crippen LogP contribution < -0.4 is 5.32 Å². The number of hydrogen-bond acceptors (Lipinski definition) is 5. The summed E-state index contributed by atoms with van der Waals surface area (Å²) >= 11 is 0. The Morgan fingerprint density at radius 2 is 1.64 bits per heavy atom. The van der Waals surface area contributed by atoms with Crippen LogP contribution >= 0.6 is 0 Å². The fourth-order valence-corrected chi connectivity index (χ4v) is 13.4. The van der Waals surface area contributed by atoms with Gasteiger partial charge in [0.25, 0.3) is 0 Å². The second-order valence-corrected chi connectivity index (χ2v) is 19.5. The number of ether oxygens (including phenoxy) is 1. The fraction of sp³-hybridized carbons (Fsp3) is 0.791. The van der Waals surface area contributed by atoms with Crippen LogP contribution in [0.3, 0.4) is 0 Å². The number of aliphatic carboxylic acids is 2. The number of carbonyl (C=O) groups is 3. The predicted molar refractivity (Wildman–Crippen MR) is 195 cm³/mol. The SMILES string of the molecule is C=C(C)[C@@H]1CCC2(C#CC3=C(C(=O)O)CNCC3)CC[C@]3(C)C(CCC4[C@@]5(C)CC[C@H](OC(=O)CC(C)(C)C(=O)O)C(C)(C)C5CC[C@]43C)C12. The molecular formula is C43H63NO6. The molecule has 5 unspecified atom stereocenters. The lowest BCUT2D eigenvalue weighted by atomic mass is 9.32. The highest BCUT2D eigenvalue weighted by molar-refractivity contribution is 5.89. The fourth-order valence-electron chi connectivity index (χ4n) is 13.4. The standard InChI is InChI=1S/C43H63NO6/c1-26(2)28-13-20-43(19-12-27-16-23-44-25-29(27)36(46)47)22-21-41(8)30(35(28)43)10-11-32-40(7)17-15-33(50-34(45)24-38(3,4)37(48)49)39(5,6)31(40)14-18-42(32,41)9/h28,30-33,35,44H,1,10-11,13-18,20-25H2,2-9H3,(H,46,47)(H,48,49)/t28-,30?,31?,32?,33-,35?,40-,41+,42+,43?/m0/s1. The van der Waals surface area contributed by atoms with Gasteiger partial charge in [0, 0.05) is 29.5 Å². The summed E-state index contributed by atoms with van der Waals surface area (Å²) < 4.78 is 6.17. The normalized spacial score (nSPS) is 42.1. The van der Waals surface area contributed by atoms with Crippen molar-refractivity contribution in [1.82, 2.24) is 5.32 Å². The molecular weight excluding hydrogens is 626 g/mol. The van der Waals surface area contributed by atoms with Crippen LogP contribution in [0.2, 0.25) is 0 Å². The first-order valence-electron chi connectivity index (χ1n) is 19.5. The number of allylic oxidation sites excluding steroid dienone is 1. The average molecular weight is 690 g/mol. The van der Waals surface area contributed by atoms with E-state index in [1.807, 2.05) is 0 Å². The van der Waals surface area contributed by atoms with Gasteiger partial charge < -0.3 is 20.3 Å². The van der Waals surface area contributed by atoms with E-state index < -0.39 is 23.3 Å². The van der Waals surface area contributed by atoms with Crippen LogP contribution in [0.25, 0.3) is 0 Å². The van der Waals surface area contributed by atoms with Crippen molar-refractivity contribution in [3.05, 3.63) is 23.3 Å². The first-order valence-corrected chi connectivity index (χ1v) is 19.5. The molecule has 6 rings (SSSR count). The summed E-state index contributed by atoms with van der Waals surface area (Å²) in [5.41, 5.74) is 1.52. The maximum Gasteiger partial charge on any atom is 0.333 e. The molecule has 5 fully saturated rings.